The van der Waals surface area contributed by atoms with Crippen molar-refractivity contribution < 1.29 is 0 Å². The summed E-state index contributed by atoms with van der Waals surface area (Å²) in [4.78, 5) is 13.8. The standard InChI is InChI=1S/C21H23N5/c1-13-10-14(2)20(15(3)11-13)25-19-12-18(17-6-4-5-9-22-17)24-21(26-19)23-16-7-8-16/h4-6,9-12,16H,7-8H2,1-3H3,(H2,23,24,25,26). The highest BCUT2D eigenvalue weighted by Gasteiger charge is 2.22. The molecular weight excluding hydrogens is 322 g/mol. The van der Waals surface area contributed by atoms with Crippen molar-refractivity contribution in [2.24, 2.45) is 0 Å². The molecule has 4 rings (SSSR count). The van der Waals surface area contributed by atoms with E-state index in [4.69, 9.17) is 0 Å². The van der Waals surface area contributed by atoms with E-state index in [2.05, 4.69) is 58.5 Å². The average molecular weight is 345 g/mol. The van der Waals surface area contributed by atoms with Gasteiger partial charge in [-0.15, -0.1) is 0 Å². The van der Waals surface area contributed by atoms with Gasteiger partial charge in [-0.25, -0.2) is 4.98 Å². The van der Waals surface area contributed by atoms with Crippen LogP contribution in [0.1, 0.15) is 29.5 Å². The van der Waals surface area contributed by atoms with Crippen molar-refractivity contribution in [2.75, 3.05) is 10.6 Å². The first-order valence-electron chi connectivity index (χ1n) is 9.00. The lowest BCUT2D eigenvalue weighted by Gasteiger charge is -2.15. The molecule has 5 nitrogen and oxygen atoms in total. The van der Waals surface area contributed by atoms with Gasteiger partial charge in [0.2, 0.25) is 5.95 Å². The van der Waals surface area contributed by atoms with Crippen molar-refractivity contribution in [1.82, 2.24) is 15.0 Å². The number of pyridine rings is 1. The van der Waals surface area contributed by atoms with Crippen LogP contribution in [0.5, 0.6) is 0 Å². The highest BCUT2D eigenvalue weighted by Crippen LogP contribution is 2.29. The van der Waals surface area contributed by atoms with Gasteiger partial charge in [-0.1, -0.05) is 23.8 Å². The topological polar surface area (TPSA) is 62.7 Å². The number of benzene rings is 1. The number of hydrogen-bond donors (Lipinski definition) is 2. The summed E-state index contributed by atoms with van der Waals surface area (Å²) in [5, 5.41) is 6.89. The maximum absolute atomic E-state index is 4.68. The molecule has 0 bridgehead atoms. The fraction of sp³-hybridized carbons (Fsp3) is 0.286. The van der Waals surface area contributed by atoms with Gasteiger partial charge in [0.05, 0.1) is 11.4 Å². The summed E-state index contributed by atoms with van der Waals surface area (Å²) in [6, 6.07) is 12.7. The lowest BCUT2D eigenvalue weighted by molar-refractivity contribution is 1.05. The lowest BCUT2D eigenvalue weighted by atomic mass is 10.1. The molecule has 2 aromatic heterocycles. The van der Waals surface area contributed by atoms with Crippen LogP contribution in [0, 0.1) is 20.8 Å². The Morgan fingerprint density at radius 1 is 0.923 bits per heavy atom. The zero-order valence-electron chi connectivity index (χ0n) is 15.4. The first-order valence-corrected chi connectivity index (χ1v) is 9.00. The van der Waals surface area contributed by atoms with Crippen LogP contribution in [0.3, 0.4) is 0 Å². The van der Waals surface area contributed by atoms with Gasteiger partial charge in [-0.05, 0) is 56.9 Å². The summed E-state index contributed by atoms with van der Waals surface area (Å²) in [6.45, 7) is 6.35. The molecular formula is C21H23N5. The summed E-state index contributed by atoms with van der Waals surface area (Å²) in [6.07, 6.45) is 4.14. The number of hydrogen-bond acceptors (Lipinski definition) is 5. The number of nitrogens with zero attached hydrogens (tertiary/aromatic N) is 3. The smallest absolute Gasteiger partial charge is 0.225 e. The Balaban J connectivity index is 1.73. The molecule has 5 heteroatoms. The molecule has 0 aliphatic heterocycles. The van der Waals surface area contributed by atoms with Crippen LogP contribution >= 0.6 is 0 Å². The van der Waals surface area contributed by atoms with Crippen molar-refractivity contribution >= 4 is 17.5 Å². The van der Waals surface area contributed by atoms with Gasteiger partial charge in [0, 0.05) is 24.0 Å². The van der Waals surface area contributed by atoms with Crippen LogP contribution in [0.25, 0.3) is 11.4 Å². The second-order valence-corrected chi connectivity index (χ2v) is 6.99. The Hall–Kier alpha value is -2.95. The van der Waals surface area contributed by atoms with Crippen molar-refractivity contribution in [2.45, 2.75) is 39.7 Å². The summed E-state index contributed by atoms with van der Waals surface area (Å²) < 4.78 is 0. The van der Waals surface area contributed by atoms with Gasteiger partial charge in [-0.3, -0.25) is 4.98 Å². The molecule has 0 unspecified atom stereocenters. The first kappa shape index (κ1) is 16.5. The Morgan fingerprint density at radius 3 is 2.35 bits per heavy atom. The van der Waals surface area contributed by atoms with Gasteiger partial charge in [0.25, 0.3) is 0 Å². The third-order valence-corrected chi connectivity index (χ3v) is 4.49. The molecule has 2 heterocycles. The molecule has 0 spiro atoms. The van der Waals surface area contributed by atoms with Crippen LogP contribution in [0.15, 0.2) is 42.6 Å². The van der Waals surface area contributed by atoms with Gasteiger partial charge in [0.15, 0.2) is 0 Å². The summed E-state index contributed by atoms with van der Waals surface area (Å²) >= 11 is 0. The third-order valence-electron chi connectivity index (χ3n) is 4.49. The quantitative estimate of drug-likeness (QED) is 0.696. The van der Waals surface area contributed by atoms with Gasteiger partial charge in [0.1, 0.15) is 5.82 Å². The van der Waals surface area contributed by atoms with Gasteiger partial charge >= 0.3 is 0 Å². The predicted molar refractivity (Wildman–Crippen MR) is 106 cm³/mol. The normalized spacial score (nSPS) is 13.5. The molecule has 0 atom stereocenters. The summed E-state index contributed by atoms with van der Waals surface area (Å²) in [5.74, 6) is 1.43. The fourth-order valence-corrected chi connectivity index (χ4v) is 3.14. The Kier molecular flexibility index (Phi) is 4.29. The predicted octanol–water partition coefficient (Wildman–Crippen LogP) is 4.78. The van der Waals surface area contributed by atoms with Crippen LogP contribution in [-0.4, -0.2) is 21.0 Å². The van der Waals surface area contributed by atoms with E-state index < -0.39 is 0 Å². The van der Waals surface area contributed by atoms with E-state index in [0.717, 1.165) is 22.9 Å². The zero-order chi connectivity index (χ0) is 18.1. The maximum atomic E-state index is 4.68. The Morgan fingerprint density at radius 2 is 1.69 bits per heavy atom. The van der Waals surface area contributed by atoms with E-state index in [-0.39, 0.29) is 0 Å². The number of anilines is 3. The van der Waals surface area contributed by atoms with Crippen LogP contribution in [-0.2, 0) is 0 Å². The highest BCUT2D eigenvalue weighted by molar-refractivity contribution is 5.69. The minimum atomic E-state index is 0.490. The van der Waals surface area contributed by atoms with Gasteiger partial charge in [-0.2, -0.15) is 4.98 Å². The second-order valence-electron chi connectivity index (χ2n) is 6.99. The third kappa shape index (κ3) is 3.67. The van der Waals surface area contributed by atoms with Crippen LogP contribution in [0.2, 0.25) is 0 Å². The van der Waals surface area contributed by atoms with Crippen LogP contribution < -0.4 is 10.6 Å². The molecule has 1 aliphatic carbocycles. The maximum Gasteiger partial charge on any atom is 0.225 e. The Labute approximate surface area is 153 Å². The highest BCUT2D eigenvalue weighted by atomic mass is 15.2. The largest absolute Gasteiger partial charge is 0.351 e. The first-order chi connectivity index (χ1) is 12.6. The average Bonchev–Trinajstić information content (AvgIpc) is 3.43. The summed E-state index contributed by atoms with van der Waals surface area (Å²) in [5.41, 5.74) is 6.43. The molecule has 1 aliphatic rings. The molecule has 26 heavy (non-hydrogen) atoms. The monoisotopic (exact) mass is 345 g/mol. The fourth-order valence-electron chi connectivity index (χ4n) is 3.14. The molecule has 1 aromatic carbocycles. The number of aryl methyl sites for hydroxylation is 3. The number of nitrogens with one attached hydrogen (secondary N) is 2. The molecule has 1 saturated carbocycles. The Bertz CT molecular complexity index is 909. The van der Waals surface area contributed by atoms with Crippen molar-refractivity contribution in [3.8, 4) is 11.4 Å². The van der Waals surface area contributed by atoms with E-state index in [1.807, 2.05) is 24.3 Å². The van der Waals surface area contributed by atoms with Crippen molar-refractivity contribution in [3.05, 3.63) is 59.3 Å². The molecule has 1 fully saturated rings. The van der Waals surface area contributed by atoms with E-state index in [1.54, 1.807) is 6.20 Å². The number of aromatic nitrogens is 3. The SMILES string of the molecule is Cc1cc(C)c(Nc2cc(-c3ccccn3)nc(NC3CC3)n2)c(C)c1. The lowest BCUT2D eigenvalue weighted by Crippen LogP contribution is -2.08. The minimum absolute atomic E-state index is 0.490. The zero-order valence-corrected chi connectivity index (χ0v) is 15.4. The molecule has 2 N–H and O–H groups in total. The van der Waals surface area contributed by atoms with E-state index >= 15 is 0 Å². The number of rotatable bonds is 5. The molecule has 0 amide bonds. The van der Waals surface area contributed by atoms with Crippen molar-refractivity contribution in [3.63, 3.8) is 0 Å². The van der Waals surface area contributed by atoms with E-state index in [1.165, 1.54) is 29.5 Å². The van der Waals surface area contributed by atoms with Crippen LogP contribution in [0.4, 0.5) is 17.5 Å². The van der Waals surface area contributed by atoms with E-state index in [0.29, 0.717) is 12.0 Å². The molecule has 0 radical (unpaired) electrons. The molecule has 0 saturated heterocycles. The second kappa shape index (κ2) is 6.75. The van der Waals surface area contributed by atoms with E-state index in [9.17, 15) is 0 Å². The minimum Gasteiger partial charge on any atom is -0.351 e. The molecule has 3 aromatic rings. The summed E-state index contributed by atoms with van der Waals surface area (Å²) in [7, 11) is 0. The molecule has 132 valence electrons. The van der Waals surface area contributed by atoms with Gasteiger partial charge < -0.3 is 10.6 Å². The van der Waals surface area contributed by atoms with Crippen molar-refractivity contribution in [1.29, 1.82) is 0 Å².